The zero-order chi connectivity index (χ0) is 13.5. The van der Waals surface area contributed by atoms with Gasteiger partial charge in [-0.25, -0.2) is 5.48 Å². The number of hydrogen-bond acceptors (Lipinski definition) is 5. The Morgan fingerprint density at radius 2 is 2.22 bits per heavy atom. The van der Waals surface area contributed by atoms with Gasteiger partial charge in [-0.15, -0.1) is 0 Å². The molecule has 1 heterocycles. The van der Waals surface area contributed by atoms with Crippen molar-refractivity contribution in [1.82, 2.24) is 10.8 Å². The van der Waals surface area contributed by atoms with E-state index >= 15 is 0 Å². The lowest BCUT2D eigenvalue weighted by Crippen LogP contribution is -2.51. The zero-order valence-corrected chi connectivity index (χ0v) is 9.66. The number of aliphatic hydroxyl groups excluding tert-OH is 1. The van der Waals surface area contributed by atoms with Gasteiger partial charge in [-0.1, -0.05) is 0 Å². The number of furan rings is 1. The molecule has 2 amide bonds. The van der Waals surface area contributed by atoms with Crippen LogP contribution in [0.1, 0.15) is 12.5 Å². The van der Waals surface area contributed by atoms with Crippen molar-refractivity contribution in [1.29, 1.82) is 0 Å². The first-order valence-electron chi connectivity index (χ1n) is 5.17. The Balaban J connectivity index is 2.59. The summed E-state index contributed by atoms with van der Waals surface area (Å²) >= 11 is 0. The monoisotopic (exact) mass is 254 g/mol. The van der Waals surface area contributed by atoms with E-state index in [1.807, 2.05) is 0 Å². The predicted octanol–water partition coefficient (Wildman–Crippen LogP) is -0.336. The van der Waals surface area contributed by atoms with Gasteiger partial charge >= 0.3 is 0 Å². The van der Waals surface area contributed by atoms with Crippen LogP contribution in [0.2, 0.25) is 0 Å². The molecule has 4 N–H and O–H groups in total. The zero-order valence-electron chi connectivity index (χ0n) is 9.66. The van der Waals surface area contributed by atoms with Crippen molar-refractivity contribution in [3.63, 3.8) is 0 Å². The van der Waals surface area contributed by atoms with Gasteiger partial charge in [-0.3, -0.25) is 14.8 Å². The Morgan fingerprint density at radius 3 is 2.72 bits per heavy atom. The fourth-order valence-electron chi connectivity index (χ4n) is 1.22. The van der Waals surface area contributed by atoms with Crippen LogP contribution in [0.15, 0.2) is 29.1 Å². The van der Waals surface area contributed by atoms with Crippen LogP contribution in [0.5, 0.6) is 0 Å². The van der Waals surface area contributed by atoms with Gasteiger partial charge in [-0.05, 0) is 19.1 Å². The molecule has 7 nitrogen and oxygen atoms in total. The van der Waals surface area contributed by atoms with Crippen molar-refractivity contribution in [2.45, 2.75) is 19.1 Å². The Bertz CT molecular complexity index is 425. The molecule has 0 aliphatic rings. The Hall–Kier alpha value is -2.12. The summed E-state index contributed by atoms with van der Waals surface area (Å²) in [7, 11) is 0. The molecule has 7 heteroatoms. The van der Waals surface area contributed by atoms with E-state index in [0.29, 0.717) is 5.56 Å². The highest BCUT2D eigenvalue weighted by Gasteiger charge is 2.24. The highest BCUT2D eigenvalue weighted by Crippen LogP contribution is 2.02. The number of nitrogens with one attached hydrogen (secondary N) is 2. The quantitative estimate of drug-likeness (QED) is 0.326. The van der Waals surface area contributed by atoms with Gasteiger partial charge in [0.15, 0.2) is 0 Å². The molecule has 0 bridgehead atoms. The third kappa shape index (κ3) is 4.04. The summed E-state index contributed by atoms with van der Waals surface area (Å²) in [4.78, 5) is 22.6. The third-order valence-corrected chi connectivity index (χ3v) is 2.14. The highest BCUT2D eigenvalue weighted by atomic mass is 16.5. The molecule has 0 aliphatic carbocycles. The molecule has 0 aromatic carbocycles. The van der Waals surface area contributed by atoms with Crippen LogP contribution in [0, 0.1) is 0 Å². The highest BCUT2D eigenvalue weighted by molar-refractivity contribution is 5.95. The molecule has 98 valence electrons. The molecule has 1 rings (SSSR count). The van der Waals surface area contributed by atoms with E-state index in [0.717, 1.165) is 0 Å². The topological polar surface area (TPSA) is 112 Å². The van der Waals surface area contributed by atoms with Gasteiger partial charge in [0.1, 0.15) is 6.04 Å². The van der Waals surface area contributed by atoms with Crippen LogP contribution in [-0.2, 0) is 9.59 Å². The predicted molar refractivity (Wildman–Crippen MR) is 61.3 cm³/mol. The van der Waals surface area contributed by atoms with Gasteiger partial charge in [0.25, 0.3) is 5.91 Å². The molecule has 2 unspecified atom stereocenters. The van der Waals surface area contributed by atoms with Crippen LogP contribution in [0.3, 0.4) is 0 Å². The summed E-state index contributed by atoms with van der Waals surface area (Å²) < 4.78 is 4.80. The summed E-state index contributed by atoms with van der Waals surface area (Å²) in [6.45, 7) is 1.32. The van der Waals surface area contributed by atoms with E-state index in [2.05, 4.69) is 5.32 Å². The van der Waals surface area contributed by atoms with Crippen molar-refractivity contribution in [3.05, 3.63) is 30.2 Å². The van der Waals surface area contributed by atoms with Crippen LogP contribution in [-0.4, -0.2) is 34.3 Å². The molecule has 0 fully saturated rings. The maximum Gasteiger partial charge on any atom is 0.268 e. The van der Waals surface area contributed by atoms with Crippen molar-refractivity contribution in [2.75, 3.05) is 0 Å². The number of hydroxylamine groups is 1. The lowest BCUT2D eigenvalue weighted by Gasteiger charge is -2.18. The second-order valence-electron chi connectivity index (χ2n) is 3.59. The number of aliphatic hydroxyl groups is 1. The molecule has 1 aromatic heterocycles. The molecular weight excluding hydrogens is 240 g/mol. The van der Waals surface area contributed by atoms with E-state index in [1.54, 1.807) is 6.07 Å². The maximum atomic E-state index is 11.5. The average Bonchev–Trinajstić information content (AvgIpc) is 2.85. The molecular formula is C11H14N2O5. The summed E-state index contributed by atoms with van der Waals surface area (Å²) in [6, 6.07) is 0.424. The molecule has 0 saturated heterocycles. The van der Waals surface area contributed by atoms with Crippen LogP contribution in [0.25, 0.3) is 6.08 Å². The molecule has 0 saturated carbocycles. The second kappa shape index (κ2) is 6.58. The lowest BCUT2D eigenvalue weighted by molar-refractivity contribution is -0.136. The first-order valence-corrected chi connectivity index (χ1v) is 5.17. The van der Waals surface area contributed by atoms with Crippen molar-refractivity contribution < 1.29 is 24.3 Å². The van der Waals surface area contributed by atoms with E-state index in [4.69, 9.17) is 9.62 Å². The summed E-state index contributed by atoms with van der Waals surface area (Å²) in [5.41, 5.74) is 2.05. The van der Waals surface area contributed by atoms with Gasteiger partial charge in [0.2, 0.25) is 5.91 Å². The number of hydrogen-bond donors (Lipinski definition) is 4. The minimum atomic E-state index is -1.23. The third-order valence-electron chi connectivity index (χ3n) is 2.14. The molecule has 0 aliphatic heterocycles. The molecule has 1 aromatic rings. The first kappa shape index (κ1) is 13.9. The number of carbonyl (C=O) groups is 2. The van der Waals surface area contributed by atoms with E-state index < -0.39 is 24.0 Å². The smallest absolute Gasteiger partial charge is 0.268 e. The van der Waals surface area contributed by atoms with Crippen LogP contribution in [0.4, 0.5) is 0 Å². The second-order valence-corrected chi connectivity index (χ2v) is 3.59. The maximum absolute atomic E-state index is 11.5. The van der Waals surface area contributed by atoms with Gasteiger partial charge < -0.3 is 14.8 Å². The van der Waals surface area contributed by atoms with Gasteiger partial charge in [-0.2, -0.15) is 0 Å². The molecule has 0 radical (unpaired) electrons. The first-order chi connectivity index (χ1) is 8.54. The number of amides is 2. The average molecular weight is 254 g/mol. The van der Waals surface area contributed by atoms with Crippen molar-refractivity contribution >= 4 is 17.9 Å². The summed E-state index contributed by atoms with van der Waals surface area (Å²) in [5.74, 6) is -1.47. The standard InChI is InChI=1S/C11H14N2O5/c1-7(14)10(11(16)13-17)12-9(15)3-2-8-4-5-18-6-8/h2-7,10,14,17H,1H3,(H,12,15)(H,13,16)/b3-2+. The minimum absolute atomic E-state index is 0.578. The van der Waals surface area contributed by atoms with Gasteiger partial charge in [0, 0.05) is 11.6 Å². The van der Waals surface area contributed by atoms with E-state index in [-0.39, 0.29) is 0 Å². The molecule has 18 heavy (non-hydrogen) atoms. The summed E-state index contributed by atoms with van der Waals surface area (Å²) in [6.07, 6.45) is 4.43. The van der Waals surface area contributed by atoms with Crippen molar-refractivity contribution in [3.8, 4) is 0 Å². The molecule has 0 spiro atoms. The number of carbonyl (C=O) groups excluding carboxylic acids is 2. The van der Waals surface area contributed by atoms with Crippen LogP contribution < -0.4 is 10.8 Å². The Kier molecular flexibility index (Phi) is 5.09. The fourth-order valence-corrected chi connectivity index (χ4v) is 1.22. The molecule has 2 atom stereocenters. The SMILES string of the molecule is CC(O)C(NC(=O)/C=C/c1ccoc1)C(=O)NO. The van der Waals surface area contributed by atoms with Crippen molar-refractivity contribution in [2.24, 2.45) is 0 Å². The van der Waals surface area contributed by atoms with E-state index in [1.165, 1.54) is 37.1 Å². The van der Waals surface area contributed by atoms with Gasteiger partial charge in [0.05, 0.1) is 18.6 Å². The number of rotatable bonds is 5. The normalized spacial score (nSPS) is 14.2. The Labute approximate surface area is 103 Å². The minimum Gasteiger partial charge on any atom is -0.472 e. The fraction of sp³-hybridized carbons (Fsp3) is 0.273. The van der Waals surface area contributed by atoms with E-state index in [9.17, 15) is 14.7 Å². The Morgan fingerprint density at radius 1 is 1.50 bits per heavy atom. The van der Waals surface area contributed by atoms with Crippen LogP contribution >= 0.6 is 0 Å². The largest absolute Gasteiger partial charge is 0.472 e. The lowest BCUT2D eigenvalue weighted by atomic mass is 10.1. The summed E-state index contributed by atoms with van der Waals surface area (Å²) in [5, 5.41) is 20.0.